The smallest absolute Gasteiger partial charge is 0.311 e. The molecule has 4 N–H and O–H groups in total. The first-order valence-corrected chi connectivity index (χ1v) is 18.9. The summed E-state index contributed by atoms with van der Waals surface area (Å²) in [4.78, 5) is 30.1. The standard InChI is InChI=1S/C38H69NO13/c1-15-26-38(10,45)31(42)21(4)28(40)19(2)17-37(9,47-14)33(52-35-29(41)25(39(11)12)16-20(3)48-35)22(5)30(23(6)34(44)50-26)51-27-18-36(8,46-13)32(43)24(7)49-27/h19-27,29-33,35,41-43,45H,15-18H2,1-14H3/t19-,20?,21+,22+,23-,24?,25?,26-,27?,29?,30+,31-,32?,33-,35?,36?,37-,38-/m1/s1. The van der Waals surface area contributed by atoms with Crippen LogP contribution in [0.2, 0.25) is 0 Å². The van der Waals surface area contributed by atoms with Crippen LogP contribution in [0.3, 0.4) is 0 Å². The van der Waals surface area contributed by atoms with Crippen LogP contribution in [0.15, 0.2) is 0 Å². The van der Waals surface area contributed by atoms with Gasteiger partial charge < -0.3 is 58.5 Å². The van der Waals surface area contributed by atoms with Crippen molar-refractivity contribution in [1.82, 2.24) is 4.90 Å². The van der Waals surface area contributed by atoms with Crippen LogP contribution in [0.1, 0.15) is 94.9 Å². The molecule has 0 aliphatic carbocycles. The molecule has 0 amide bonds. The Hall–Kier alpha value is -1.30. The molecular formula is C38H69NO13. The molecular weight excluding hydrogens is 678 g/mol. The van der Waals surface area contributed by atoms with Gasteiger partial charge in [0.05, 0.1) is 47.6 Å². The topological polar surface area (TPSA) is 183 Å². The van der Waals surface area contributed by atoms with E-state index in [1.165, 1.54) is 21.1 Å². The maximum Gasteiger partial charge on any atom is 0.311 e. The van der Waals surface area contributed by atoms with Crippen LogP contribution in [-0.4, -0.2) is 150 Å². The zero-order valence-electron chi connectivity index (χ0n) is 33.9. The number of carbonyl (C=O) groups excluding carboxylic acids is 2. The maximum atomic E-state index is 14.2. The van der Waals surface area contributed by atoms with E-state index in [4.69, 9.17) is 33.2 Å². The number of cyclic esters (lactones) is 1. The summed E-state index contributed by atoms with van der Waals surface area (Å²) in [5, 5.41) is 45.6. The van der Waals surface area contributed by atoms with E-state index in [2.05, 4.69) is 0 Å². The molecule has 304 valence electrons. The Kier molecular flexibility index (Phi) is 15.3. The fourth-order valence-corrected chi connectivity index (χ4v) is 8.58. The Morgan fingerprint density at radius 2 is 1.44 bits per heavy atom. The van der Waals surface area contributed by atoms with Crippen molar-refractivity contribution in [3.63, 3.8) is 0 Å². The summed E-state index contributed by atoms with van der Waals surface area (Å²) >= 11 is 0. The fourth-order valence-electron chi connectivity index (χ4n) is 8.58. The highest BCUT2D eigenvalue weighted by atomic mass is 16.7. The number of likely N-dealkylation sites (N-methyl/N-ethyl adjacent to an activating group) is 1. The fraction of sp³-hybridized carbons (Fsp3) is 0.947. The minimum absolute atomic E-state index is 0.111. The molecule has 0 spiro atoms. The van der Waals surface area contributed by atoms with Crippen LogP contribution in [0.4, 0.5) is 0 Å². The van der Waals surface area contributed by atoms with Crippen molar-refractivity contribution >= 4 is 11.8 Å². The van der Waals surface area contributed by atoms with Crippen LogP contribution < -0.4 is 0 Å². The lowest BCUT2D eigenvalue weighted by molar-refractivity contribution is -0.319. The summed E-state index contributed by atoms with van der Waals surface area (Å²) in [6, 6.07) is -0.283. The lowest BCUT2D eigenvalue weighted by Gasteiger charge is -2.50. The van der Waals surface area contributed by atoms with Gasteiger partial charge in [0.2, 0.25) is 0 Å². The van der Waals surface area contributed by atoms with Crippen LogP contribution in [0.25, 0.3) is 0 Å². The number of esters is 1. The second-order valence-corrected chi connectivity index (χ2v) is 16.6. The number of carbonyl (C=O) groups is 2. The zero-order chi connectivity index (χ0) is 39.7. The van der Waals surface area contributed by atoms with Gasteiger partial charge >= 0.3 is 5.97 Å². The van der Waals surface area contributed by atoms with E-state index in [1.54, 1.807) is 48.5 Å². The van der Waals surface area contributed by atoms with Crippen LogP contribution >= 0.6 is 0 Å². The number of aliphatic hydroxyl groups is 4. The maximum absolute atomic E-state index is 14.2. The van der Waals surface area contributed by atoms with Gasteiger partial charge in [0.1, 0.15) is 29.7 Å². The molecule has 0 saturated carbocycles. The van der Waals surface area contributed by atoms with E-state index in [9.17, 15) is 30.0 Å². The van der Waals surface area contributed by atoms with E-state index in [1.807, 2.05) is 32.8 Å². The van der Waals surface area contributed by atoms with Crippen LogP contribution in [-0.2, 0) is 42.7 Å². The molecule has 14 nitrogen and oxygen atoms in total. The van der Waals surface area contributed by atoms with Crippen LogP contribution in [0, 0.1) is 23.7 Å². The zero-order valence-corrected chi connectivity index (χ0v) is 33.9. The third-order valence-corrected chi connectivity index (χ3v) is 12.3. The van der Waals surface area contributed by atoms with E-state index >= 15 is 0 Å². The third-order valence-electron chi connectivity index (χ3n) is 12.3. The number of nitrogens with zero attached hydrogens (tertiary/aromatic N) is 1. The molecule has 3 aliphatic heterocycles. The summed E-state index contributed by atoms with van der Waals surface area (Å²) in [5.41, 5.74) is -4.24. The van der Waals surface area contributed by atoms with E-state index in [-0.39, 0.29) is 37.2 Å². The number of hydrogen-bond donors (Lipinski definition) is 4. The number of ether oxygens (including phenoxy) is 7. The van der Waals surface area contributed by atoms with Gasteiger partial charge in [-0.05, 0) is 74.9 Å². The number of hydrogen-bond acceptors (Lipinski definition) is 14. The van der Waals surface area contributed by atoms with Crippen molar-refractivity contribution in [2.24, 2.45) is 23.7 Å². The average Bonchev–Trinajstić information content (AvgIpc) is 3.09. The van der Waals surface area contributed by atoms with Crippen molar-refractivity contribution in [3.05, 3.63) is 0 Å². The lowest BCUT2D eigenvalue weighted by Crippen LogP contribution is -2.61. The SMILES string of the molecule is CC[C@H]1OC(=O)[C@H](C)[C@@H](OC2CC(C)(OC)C(O)C(C)O2)[C@H](C)[C@@H](OC2OC(C)CC(N(C)C)C2O)[C@](C)(OC)C[C@@H](C)C(=O)[C@H](C)[C@@H](O)[C@]1(C)O. The molecule has 8 unspecified atom stereocenters. The summed E-state index contributed by atoms with van der Waals surface area (Å²) in [6.07, 6.45) is -8.73. The summed E-state index contributed by atoms with van der Waals surface area (Å²) in [5.74, 6) is -4.47. The molecule has 18 atom stereocenters. The van der Waals surface area contributed by atoms with Gasteiger partial charge in [0.15, 0.2) is 12.6 Å². The van der Waals surface area contributed by atoms with Gasteiger partial charge in [-0.3, -0.25) is 9.59 Å². The number of rotatable bonds is 8. The molecule has 14 heteroatoms. The molecule has 3 aliphatic rings. The quantitative estimate of drug-likeness (QED) is 0.266. The van der Waals surface area contributed by atoms with Crippen molar-refractivity contribution in [1.29, 1.82) is 0 Å². The summed E-state index contributed by atoms with van der Waals surface area (Å²) < 4.78 is 43.9. The Balaban J connectivity index is 2.22. The van der Waals surface area contributed by atoms with Gasteiger partial charge in [-0.25, -0.2) is 0 Å². The lowest BCUT2D eigenvalue weighted by atomic mass is 9.74. The van der Waals surface area contributed by atoms with Crippen molar-refractivity contribution < 1.29 is 63.2 Å². The largest absolute Gasteiger partial charge is 0.459 e. The molecule has 3 saturated heterocycles. The monoisotopic (exact) mass is 747 g/mol. The molecule has 0 aromatic rings. The second-order valence-electron chi connectivity index (χ2n) is 16.6. The summed E-state index contributed by atoms with van der Waals surface area (Å²) in [7, 11) is 6.77. The van der Waals surface area contributed by atoms with Crippen molar-refractivity contribution in [2.45, 2.75) is 179 Å². The molecule has 0 radical (unpaired) electrons. The Bertz CT molecular complexity index is 1190. The molecule has 0 bridgehead atoms. The van der Waals surface area contributed by atoms with Gasteiger partial charge in [-0.15, -0.1) is 0 Å². The highest BCUT2D eigenvalue weighted by molar-refractivity contribution is 5.83. The van der Waals surface area contributed by atoms with Crippen molar-refractivity contribution in [2.75, 3.05) is 28.3 Å². The molecule has 52 heavy (non-hydrogen) atoms. The summed E-state index contributed by atoms with van der Waals surface area (Å²) in [6.45, 7) is 17.1. The Labute approximate surface area is 310 Å². The van der Waals surface area contributed by atoms with Crippen LogP contribution in [0.5, 0.6) is 0 Å². The molecule has 3 rings (SSSR count). The molecule has 3 heterocycles. The molecule has 0 aromatic carbocycles. The minimum Gasteiger partial charge on any atom is -0.459 e. The Morgan fingerprint density at radius 1 is 0.846 bits per heavy atom. The van der Waals surface area contributed by atoms with Gasteiger partial charge in [-0.1, -0.05) is 27.7 Å². The van der Waals surface area contributed by atoms with Gasteiger partial charge in [0, 0.05) is 44.4 Å². The van der Waals surface area contributed by atoms with E-state index < -0.39 is 102 Å². The van der Waals surface area contributed by atoms with Gasteiger partial charge in [-0.2, -0.15) is 0 Å². The first-order valence-electron chi connectivity index (χ1n) is 18.9. The average molecular weight is 748 g/mol. The minimum atomic E-state index is -1.96. The molecule has 0 aromatic heterocycles. The highest BCUT2D eigenvalue weighted by Gasteiger charge is 2.54. The van der Waals surface area contributed by atoms with Gasteiger partial charge in [0.25, 0.3) is 0 Å². The predicted octanol–water partition coefficient (Wildman–Crippen LogP) is 2.44. The second kappa shape index (κ2) is 17.7. The first kappa shape index (κ1) is 45.1. The first-order chi connectivity index (χ1) is 24.0. The van der Waals surface area contributed by atoms with E-state index in [0.29, 0.717) is 6.42 Å². The molecule has 3 fully saturated rings. The van der Waals surface area contributed by atoms with E-state index in [0.717, 1.165) is 0 Å². The number of ketones is 1. The number of aliphatic hydroxyl groups excluding tert-OH is 3. The number of Topliss-reactive ketones (excluding diaryl/α,β-unsaturated/α-hetero) is 1. The highest BCUT2D eigenvalue weighted by Crippen LogP contribution is 2.41. The number of methoxy groups -OCH3 is 2. The van der Waals surface area contributed by atoms with Crippen molar-refractivity contribution in [3.8, 4) is 0 Å². The third kappa shape index (κ3) is 9.38. The Morgan fingerprint density at radius 3 is 1.98 bits per heavy atom. The predicted molar refractivity (Wildman–Crippen MR) is 191 cm³/mol. The normalized spacial score (nSPS) is 49.0.